The number of benzene rings is 2. The maximum Gasteiger partial charge on any atom is 0.417 e. The van der Waals surface area contributed by atoms with E-state index >= 15 is 0 Å². The Bertz CT molecular complexity index is 966. The lowest BCUT2D eigenvalue weighted by Crippen LogP contribution is -2.34. The molecule has 0 saturated carbocycles. The van der Waals surface area contributed by atoms with E-state index in [1.54, 1.807) is 43.4 Å². The average molecular weight is 426 g/mol. The minimum Gasteiger partial charge on any atom is -0.280 e. The molecule has 2 aromatic carbocycles. The summed E-state index contributed by atoms with van der Waals surface area (Å²) in [6.45, 7) is 1.71. The lowest BCUT2D eigenvalue weighted by molar-refractivity contribution is -0.137. The fourth-order valence-corrected chi connectivity index (χ4v) is 3.47. The predicted octanol–water partition coefficient (Wildman–Crippen LogP) is 6.77. The van der Waals surface area contributed by atoms with Gasteiger partial charge in [0.15, 0.2) is 0 Å². The third kappa shape index (κ3) is 4.10. The molecule has 1 amide bonds. The van der Waals surface area contributed by atoms with Crippen LogP contribution in [0.1, 0.15) is 27.9 Å². The number of anilines is 1. The maximum atomic E-state index is 13.5. The van der Waals surface area contributed by atoms with E-state index in [0.29, 0.717) is 28.4 Å². The fourth-order valence-electron chi connectivity index (χ4n) is 3.06. The largest absolute Gasteiger partial charge is 0.417 e. The summed E-state index contributed by atoms with van der Waals surface area (Å²) in [6, 6.07) is 9.70. The molecule has 3 rings (SSSR count). The highest BCUT2D eigenvalue weighted by Gasteiger charge is 2.37. The van der Waals surface area contributed by atoms with E-state index in [9.17, 15) is 18.0 Å². The smallest absolute Gasteiger partial charge is 0.280 e. The van der Waals surface area contributed by atoms with E-state index < -0.39 is 23.2 Å². The number of allylic oxidation sites excluding steroid dienone is 4. The van der Waals surface area contributed by atoms with Gasteiger partial charge in [-0.1, -0.05) is 42.0 Å². The van der Waals surface area contributed by atoms with Gasteiger partial charge in [-0.05, 0) is 42.8 Å². The third-order valence-electron chi connectivity index (χ3n) is 4.45. The monoisotopic (exact) mass is 425 g/mol. The van der Waals surface area contributed by atoms with Crippen LogP contribution in [-0.4, -0.2) is 11.3 Å². The van der Waals surface area contributed by atoms with Crippen molar-refractivity contribution in [1.82, 2.24) is 0 Å². The van der Waals surface area contributed by atoms with E-state index in [1.165, 1.54) is 23.1 Å². The van der Waals surface area contributed by atoms with Gasteiger partial charge in [-0.15, -0.1) is 11.6 Å². The highest BCUT2D eigenvalue weighted by Crippen LogP contribution is 2.37. The van der Waals surface area contributed by atoms with Gasteiger partial charge < -0.3 is 0 Å². The Labute approximate surface area is 170 Å². The van der Waals surface area contributed by atoms with Crippen molar-refractivity contribution in [3.8, 4) is 0 Å². The Hall–Kier alpha value is -2.24. The number of amides is 1. The van der Waals surface area contributed by atoms with Crippen LogP contribution >= 0.6 is 23.2 Å². The molecule has 0 aromatic heterocycles. The van der Waals surface area contributed by atoms with Crippen molar-refractivity contribution in [3.63, 3.8) is 0 Å². The Balaban J connectivity index is 2.18. The van der Waals surface area contributed by atoms with Gasteiger partial charge in [-0.25, -0.2) is 0 Å². The lowest BCUT2D eigenvalue weighted by Gasteiger charge is -2.30. The van der Waals surface area contributed by atoms with Crippen LogP contribution in [0.5, 0.6) is 0 Å². The molecule has 1 atom stereocenters. The minimum absolute atomic E-state index is 0.296. The Morgan fingerprint density at radius 2 is 1.86 bits per heavy atom. The molecule has 0 radical (unpaired) electrons. The summed E-state index contributed by atoms with van der Waals surface area (Å²) in [5, 5.41) is 0.0430. The molecule has 2 nitrogen and oxygen atoms in total. The topological polar surface area (TPSA) is 20.3 Å². The molecule has 0 fully saturated rings. The van der Waals surface area contributed by atoms with E-state index in [4.69, 9.17) is 23.2 Å². The van der Waals surface area contributed by atoms with Crippen molar-refractivity contribution >= 4 is 34.8 Å². The third-order valence-corrected chi connectivity index (χ3v) is 5.16. The van der Waals surface area contributed by atoms with E-state index in [2.05, 4.69) is 0 Å². The van der Waals surface area contributed by atoms with Crippen LogP contribution in [0.2, 0.25) is 5.02 Å². The average Bonchev–Trinajstić information content (AvgIpc) is 2.65. The van der Waals surface area contributed by atoms with E-state index in [-0.39, 0.29) is 5.38 Å². The number of carbonyl (C=O) groups is 1. The summed E-state index contributed by atoms with van der Waals surface area (Å²) in [5.41, 5.74) is 0.0772. The van der Waals surface area contributed by atoms with Crippen LogP contribution in [0.25, 0.3) is 0 Å². The van der Waals surface area contributed by atoms with Crippen molar-refractivity contribution in [2.75, 3.05) is 4.90 Å². The van der Waals surface area contributed by atoms with Crippen molar-refractivity contribution in [2.45, 2.75) is 24.9 Å². The molecule has 0 saturated heterocycles. The van der Waals surface area contributed by atoms with E-state index in [1.807, 2.05) is 0 Å². The highest BCUT2D eigenvalue weighted by atomic mass is 35.5. The van der Waals surface area contributed by atoms with Gasteiger partial charge >= 0.3 is 6.18 Å². The van der Waals surface area contributed by atoms with E-state index in [0.717, 1.165) is 6.07 Å². The molecule has 0 aliphatic heterocycles. The molecular formula is C21H16Cl2F3NO. The second kappa shape index (κ2) is 8.02. The van der Waals surface area contributed by atoms with Gasteiger partial charge in [0.1, 0.15) is 0 Å². The zero-order valence-electron chi connectivity index (χ0n) is 14.8. The van der Waals surface area contributed by atoms with Gasteiger partial charge in [0, 0.05) is 17.1 Å². The first-order valence-electron chi connectivity index (χ1n) is 8.47. The number of hydrogen-bond acceptors (Lipinski definition) is 1. The SMILES string of the molecule is Cc1c(Cl)cccc1N(C(=O)c1ccccc1C(F)(F)F)C1=CC=CC(Cl)C1. The fraction of sp³-hybridized carbons (Fsp3) is 0.190. The molecular weight excluding hydrogens is 410 g/mol. The molecule has 0 spiro atoms. The zero-order valence-corrected chi connectivity index (χ0v) is 16.3. The molecule has 1 aliphatic carbocycles. The number of carbonyl (C=O) groups excluding carboxylic acids is 1. The van der Waals surface area contributed by atoms with Crippen LogP contribution in [0.3, 0.4) is 0 Å². The normalized spacial score (nSPS) is 16.6. The first-order chi connectivity index (χ1) is 13.2. The summed E-state index contributed by atoms with van der Waals surface area (Å²) >= 11 is 12.4. The Morgan fingerprint density at radius 1 is 1.14 bits per heavy atom. The summed E-state index contributed by atoms with van der Waals surface area (Å²) < 4.78 is 40.5. The van der Waals surface area contributed by atoms with Crippen molar-refractivity contribution in [3.05, 3.63) is 88.1 Å². The van der Waals surface area contributed by atoms with Crippen molar-refractivity contribution in [1.29, 1.82) is 0 Å². The molecule has 1 aliphatic rings. The van der Waals surface area contributed by atoms with Gasteiger partial charge in [-0.2, -0.15) is 13.2 Å². The second-order valence-corrected chi connectivity index (χ2v) is 7.30. The first kappa shape index (κ1) is 20.5. The van der Waals surface area contributed by atoms with Crippen molar-refractivity contribution < 1.29 is 18.0 Å². The number of hydrogen-bond donors (Lipinski definition) is 0. The number of alkyl halides is 4. The molecule has 7 heteroatoms. The summed E-state index contributed by atoms with van der Waals surface area (Å²) in [6.07, 6.45) is 0.753. The Morgan fingerprint density at radius 3 is 2.54 bits per heavy atom. The minimum atomic E-state index is -4.66. The van der Waals surface area contributed by atoms with Crippen molar-refractivity contribution in [2.24, 2.45) is 0 Å². The number of halogens is 5. The van der Waals surface area contributed by atoms with Crippen LogP contribution in [-0.2, 0) is 6.18 Å². The summed E-state index contributed by atoms with van der Waals surface area (Å²) in [7, 11) is 0. The maximum absolute atomic E-state index is 13.5. The zero-order chi connectivity index (χ0) is 20.5. The standard InChI is InChI=1S/C21H16Cl2F3NO/c1-13-18(23)10-5-11-19(13)27(15-7-4-6-14(22)12-15)20(28)16-8-2-3-9-17(16)21(24,25)26/h2-11,14H,12H2,1H3. The molecule has 0 bridgehead atoms. The first-order valence-corrected chi connectivity index (χ1v) is 9.29. The number of nitrogens with zero attached hydrogens (tertiary/aromatic N) is 1. The lowest BCUT2D eigenvalue weighted by atomic mass is 10.0. The molecule has 0 heterocycles. The molecule has 2 aromatic rings. The quantitative estimate of drug-likeness (QED) is 0.497. The van der Waals surface area contributed by atoms with Gasteiger partial charge in [0.25, 0.3) is 5.91 Å². The predicted molar refractivity (Wildman–Crippen MR) is 106 cm³/mol. The Kier molecular flexibility index (Phi) is 5.87. The van der Waals surface area contributed by atoms with Crippen LogP contribution in [0, 0.1) is 6.92 Å². The molecule has 146 valence electrons. The van der Waals surface area contributed by atoms with Crippen LogP contribution < -0.4 is 4.90 Å². The summed E-state index contributed by atoms with van der Waals surface area (Å²) in [5.74, 6) is -0.788. The molecule has 1 unspecified atom stereocenters. The molecule has 28 heavy (non-hydrogen) atoms. The van der Waals surface area contributed by atoms with Gasteiger partial charge in [-0.3, -0.25) is 9.69 Å². The van der Waals surface area contributed by atoms with Crippen LogP contribution in [0.15, 0.2) is 66.4 Å². The highest BCUT2D eigenvalue weighted by molar-refractivity contribution is 6.32. The summed E-state index contributed by atoms with van der Waals surface area (Å²) in [4.78, 5) is 14.6. The second-order valence-electron chi connectivity index (χ2n) is 6.33. The van der Waals surface area contributed by atoms with Gasteiger partial charge in [0.05, 0.1) is 22.2 Å². The number of rotatable bonds is 3. The van der Waals surface area contributed by atoms with Crippen LogP contribution in [0.4, 0.5) is 18.9 Å². The van der Waals surface area contributed by atoms with Gasteiger partial charge in [0.2, 0.25) is 0 Å². The molecule has 0 N–H and O–H groups in total.